The van der Waals surface area contributed by atoms with Crippen LogP contribution in [0.15, 0.2) is 36.4 Å². The van der Waals surface area contributed by atoms with Gasteiger partial charge in [-0.15, -0.1) is 0 Å². The van der Waals surface area contributed by atoms with Crippen molar-refractivity contribution in [2.45, 2.75) is 50.9 Å². The highest BCUT2D eigenvalue weighted by molar-refractivity contribution is 7.99. The van der Waals surface area contributed by atoms with E-state index in [0.29, 0.717) is 25.9 Å². The Bertz CT molecular complexity index is 719. The average molecular weight is 437 g/mol. The van der Waals surface area contributed by atoms with Gasteiger partial charge in [0.2, 0.25) is 0 Å². The van der Waals surface area contributed by atoms with Crippen LogP contribution in [0.4, 0.5) is 0 Å². The summed E-state index contributed by atoms with van der Waals surface area (Å²) in [6.07, 6.45) is 4.09. The molecule has 0 saturated heterocycles. The smallest absolute Gasteiger partial charge is 0.303 e. The number of ether oxygens (including phenoxy) is 1. The maximum Gasteiger partial charge on any atom is 0.303 e. The van der Waals surface area contributed by atoms with E-state index in [1.165, 1.54) is 0 Å². The van der Waals surface area contributed by atoms with Crippen LogP contribution in [0.1, 0.15) is 36.8 Å². The van der Waals surface area contributed by atoms with Crippen molar-refractivity contribution < 1.29 is 29.6 Å². The molecule has 0 bridgehead atoms. The number of rotatable bonds is 13. The minimum atomic E-state index is -0.793. The molecule has 166 valence electrons. The van der Waals surface area contributed by atoms with Gasteiger partial charge >= 0.3 is 5.97 Å². The lowest BCUT2D eigenvalue weighted by molar-refractivity contribution is -0.137. The van der Waals surface area contributed by atoms with Crippen molar-refractivity contribution in [2.24, 2.45) is 11.8 Å². The molecule has 1 fully saturated rings. The second kappa shape index (κ2) is 12.9. The van der Waals surface area contributed by atoms with Crippen LogP contribution in [0.5, 0.6) is 0 Å². The average Bonchev–Trinajstić information content (AvgIpc) is 2.95. The number of carboxylic acid groups (broad SMARTS) is 1. The summed E-state index contributed by atoms with van der Waals surface area (Å²) in [7, 11) is 1.64. The molecule has 6 nitrogen and oxygen atoms in total. The summed E-state index contributed by atoms with van der Waals surface area (Å²) < 4.78 is 5.14. The molecule has 1 aromatic carbocycles. The Balaban J connectivity index is 1.85. The molecule has 3 N–H and O–H groups in total. The second-order valence-electron chi connectivity index (χ2n) is 7.73. The third kappa shape index (κ3) is 8.22. The number of thioether (sulfide) groups is 1. The molecule has 0 radical (unpaired) electrons. The van der Waals surface area contributed by atoms with E-state index in [4.69, 9.17) is 9.84 Å². The van der Waals surface area contributed by atoms with Crippen LogP contribution < -0.4 is 0 Å². The summed E-state index contributed by atoms with van der Waals surface area (Å²) in [5.74, 6) is 0.231. The molecule has 0 heterocycles. The number of benzene rings is 1. The molecule has 2 rings (SSSR count). The van der Waals surface area contributed by atoms with Gasteiger partial charge in [0.15, 0.2) is 0 Å². The first-order valence-corrected chi connectivity index (χ1v) is 11.5. The Hall–Kier alpha value is -1.67. The second-order valence-corrected chi connectivity index (χ2v) is 8.95. The zero-order valence-corrected chi connectivity index (χ0v) is 18.2. The highest BCUT2D eigenvalue weighted by Crippen LogP contribution is 2.34. The van der Waals surface area contributed by atoms with Crippen molar-refractivity contribution in [3.63, 3.8) is 0 Å². The molecule has 0 unspecified atom stereocenters. The highest BCUT2D eigenvalue weighted by atomic mass is 32.2. The number of methoxy groups -OCH3 is 1. The largest absolute Gasteiger partial charge is 0.481 e. The van der Waals surface area contributed by atoms with E-state index in [0.717, 1.165) is 22.6 Å². The van der Waals surface area contributed by atoms with E-state index >= 15 is 0 Å². The van der Waals surface area contributed by atoms with Gasteiger partial charge in [-0.3, -0.25) is 9.59 Å². The zero-order chi connectivity index (χ0) is 21.9. The summed E-state index contributed by atoms with van der Waals surface area (Å²) >= 11 is 1.64. The van der Waals surface area contributed by atoms with Crippen LogP contribution in [-0.4, -0.2) is 57.9 Å². The van der Waals surface area contributed by atoms with Crippen LogP contribution in [0.25, 0.3) is 0 Å². The summed E-state index contributed by atoms with van der Waals surface area (Å²) in [6, 6.07) is 7.86. The Morgan fingerprint density at radius 2 is 2.10 bits per heavy atom. The van der Waals surface area contributed by atoms with Crippen molar-refractivity contribution in [3.05, 3.63) is 47.5 Å². The monoisotopic (exact) mass is 436 g/mol. The van der Waals surface area contributed by atoms with Gasteiger partial charge in [-0.25, -0.2) is 0 Å². The van der Waals surface area contributed by atoms with Gasteiger partial charge in [0.25, 0.3) is 0 Å². The quantitative estimate of drug-likeness (QED) is 0.323. The number of aliphatic carboxylic acids is 1. The lowest BCUT2D eigenvalue weighted by atomic mass is 9.91. The lowest BCUT2D eigenvalue weighted by Crippen LogP contribution is -2.20. The van der Waals surface area contributed by atoms with Crippen molar-refractivity contribution >= 4 is 23.5 Å². The van der Waals surface area contributed by atoms with Gasteiger partial charge < -0.3 is 20.1 Å². The molecule has 1 aliphatic rings. The van der Waals surface area contributed by atoms with Crippen molar-refractivity contribution in [1.82, 2.24) is 0 Å². The van der Waals surface area contributed by atoms with Gasteiger partial charge in [-0.05, 0) is 35.5 Å². The molecular formula is C23H32O6S. The van der Waals surface area contributed by atoms with Crippen LogP contribution >= 0.6 is 11.8 Å². The maximum atomic E-state index is 12.3. The molecule has 1 saturated carbocycles. The fourth-order valence-electron chi connectivity index (χ4n) is 3.81. The fraction of sp³-hybridized carbons (Fsp3) is 0.565. The predicted molar refractivity (Wildman–Crippen MR) is 117 cm³/mol. The van der Waals surface area contributed by atoms with Crippen LogP contribution in [0.3, 0.4) is 0 Å². The van der Waals surface area contributed by atoms with Gasteiger partial charge in [-0.2, -0.15) is 11.8 Å². The molecular weight excluding hydrogens is 404 g/mol. The SMILES string of the molecule is COCc1cccc(C[C@H](O)/C=C/[C@@H]2[C@H](O)CC(=O)[C@@H]2CCSCCCC(=O)O)c1. The number of aliphatic hydroxyl groups is 2. The van der Waals surface area contributed by atoms with E-state index in [2.05, 4.69) is 0 Å². The van der Waals surface area contributed by atoms with E-state index in [1.54, 1.807) is 31.0 Å². The number of hydrogen-bond donors (Lipinski definition) is 3. The van der Waals surface area contributed by atoms with Crippen LogP contribution in [0, 0.1) is 11.8 Å². The summed E-state index contributed by atoms with van der Waals surface area (Å²) in [5, 5.41) is 29.4. The molecule has 0 aromatic heterocycles. The Morgan fingerprint density at radius 3 is 2.83 bits per heavy atom. The van der Waals surface area contributed by atoms with E-state index in [1.807, 2.05) is 24.3 Å². The molecule has 7 heteroatoms. The minimum absolute atomic E-state index is 0.0602. The Labute approximate surface area is 182 Å². The number of carbonyl (C=O) groups excluding carboxylic acids is 1. The van der Waals surface area contributed by atoms with Crippen LogP contribution in [0.2, 0.25) is 0 Å². The van der Waals surface area contributed by atoms with Crippen molar-refractivity contribution in [2.75, 3.05) is 18.6 Å². The summed E-state index contributed by atoms with van der Waals surface area (Å²) in [5.41, 5.74) is 2.04. The summed E-state index contributed by atoms with van der Waals surface area (Å²) in [6.45, 7) is 0.520. The van der Waals surface area contributed by atoms with Crippen LogP contribution in [-0.2, 0) is 27.4 Å². The predicted octanol–water partition coefficient (Wildman–Crippen LogP) is 2.85. The third-order valence-corrected chi connectivity index (χ3v) is 6.39. The van der Waals surface area contributed by atoms with E-state index in [-0.39, 0.29) is 30.5 Å². The van der Waals surface area contributed by atoms with Gasteiger partial charge in [0.1, 0.15) is 5.78 Å². The Kier molecular flexibility index (Phi) is 10.6. The number of carbonyl (C=O) groups is 2. The molecule has 0 aliphatic heterocycles. The highest BCUT2D eigenvalue weighted by Gasteiger charge is 2.39. The molecule has 1 aliphatic carbocycles. The summed E-state index contributed by atoms with van der Waals surface area (Å²) in [4.78, 5) is 22.8. The number of carboxylic acids is 1. The van der Waals surface area contributed by atoms with E-state index < -0.39 is 18.2 Å². The standard InChI is InChI=1S/C23H32O6S/c1-29-15-17-5-2-4-16(12-17)13-18(24)7-8-19-20(22(26)14-21(19)25)9-11-30-10-3-6-23(27)28/h2,4-5,7-8,12,18-21,24-25H,3,6,9-11,13-15H2,1H3,(H,27,28)/b8-7+/t18-,19+,20-,21-/m1/s1. The fourth-order valence-corrected chi connectivity index (χ4v) is 4.78. The molecule has 4 atom stereocenters. The number of hydrogen-bond acceptors (Lipinski definition) is 6. The molecule has 1 aromatic rings. The number of Topliss-reactive ketones (excluding diaryl/α,β-unsaturated/α-hetero) is 1. The van der Waals surface area contributed by atoms with Crippen molar-refractivity contribution in [3.8, 4) is 0 Å². The first kappa shape index (κ1) is 24.6. The molecule has 0 amide bonds. The minimum Gasteiger partial charge on any atom is -0.481 e. The third-order valence-electron chi connectivity index (χ3n) is 5.29. The van der Waals surface area contributed by atoms with Gasteiger partial charge in [-0.1, -0.05) is 36.4 Å². The zero-order valence-electron chi connectivity index (χ0n) is 17.4. The molecule has 30 heavy (non-hydrogen) atoms. The number of aliphatic hydroxyl groups excluding tert-OH is 2. The van der Waals surface area contributed by atoms with Gasteiger partial charge in [0, 0.05) is 38.2 Å². The first-order valence-electron chi connectivity index (χ1n) is 10.3. The molecule has 0 spiro atoms. The maximum absolute atomic E-state index is 12.3. The number of ketones is 1. The first-order chi connectivity index (χ1) is 14.4. The normalized spacial score (nSPS) is 22.6. The topological polar surface area (TPSA) is 104 Å². The van der Waals surface area contributed by atoms with E-state index in [9.17, 15) is 19.8 Å². The lowest BCUT2D eigenvalue weighted by Gasteiger charge is -2.18. The Morgan fingerprint density at radius 1 is 1.33 bits per heavy atom. The van der Waals surface area contributed by atoms with Crippen molar-refractivity contribution in [1.29, 1.82) is 0 Å². The van der Waals surface area contributed by atoms with Gasteiger partial charge in [0.05, 0.1) is 18.8 Å².